The molecule has 21 heteroatoms. The summed E-state index contributed by atoms with van der Waals surface area (Å²) in [4.78, 5) is -0.403. The van der Waals surface area contributed by atoms with Crippen LogP contribution >= 0.6 is 12.0 Å². The Kier molecular flexibility index (Phi) is 12.3. The standard InChI is InChI=1S/C36H29N7O11S3/c1-21-15-26(11-13-31(21)41-42-32-14-12-27(20-33(32)52-2)39-38-25-6-3-7-28(17-25)55-54-53-45)40-43-35-34(57(49,50)51)16-22-9-10-24(19-30(22)36(35)44)37-23-5-4-8-29(18-23)56(46,47)48/h3-20,37,44-45H,1-2H3,(H,46,47,48)(H,49,50,51). The van der Waals surface area contributed by atoms with Crippen LogP contribution in [0.2, 0.25) is 0 Å². The smallest absolute Gasteiger partial charge is 0.296 e. The van der Waals surface area contributed by atoms with Gasteiger partial charge in [-0.15, -0.1) is 14.6 Å². The SMILES string of the molecule is COc1cc(N=Nc2cccc(SOOO)c2)ccc1N=Nc1ccc(N=Nc2c(S(=O)(=O)O)cc3ccc(Nc4cccc(S(=O)(=O)O)c4)cc3c2O)cc1C. The molecular weight excluding hydrogens is 803 g/mol. The van der Waals surface area contributed by atoms with Gasteiger partial charge in [-0.25, -0.2) is 5.26 Å². The van der Waals surface area contributed by atoms with Crippen LogP contribution in [0.25, 0.3) is 10.8 Å². The van der Waals surface area contributed by atoms with E-state index in [1.54, 1.807) is 67.6 Å². The van der Waals surface area contributed by atoms with Crippen molar-refractivity contribution in [3.63, 3.8) is 0 Å². The van der Waals surface area contributed by atoms with Crippen molar-refractivity contribution in [2.24, 2.45) is 30.7 Å². The van der Waals surface area contributed by atoms with Gasteiger partial charge in [0.05, 0.1) is 46.8 Å². The Bertz CT molecular complexity index is 2800. The number of hydrogen-bond donors (Lipinski definition) is 5. The molecule has 57 heavy (non-hydrogen) atoms. The van der Waals surface area contributed by atoms with Crippen molar-refractivity contribution >= 4 is 88.6 Å². The molecule has 6 aromatic rings. The van der Waals surface area contributed by atoms with Crippen molar-refractivity contribution in [3.8, 4) is 11.5 Å². The van der Waals surface area contributed by atoms with Crippen molar-refractivity contribution in [1.29, 1.82) is 0 Å². The van der Waals surface area contributed by atoms with Gasteiger partial charge in [0.15, 0.2) is 5.75 Å². The number of phenols is 1. The Balaban J connectivity index is 1.22. The van der Waals surface area contributed by atoms with E-state index in [1.807, 2.05) is 0 Å². The van der Waals surface area contributed by atoms with Crippen molar-refractivity contribution < 1.29 is 50.4 Å². The molecule has 0 amide bonds. The van der Waals surface area contributed by atoms with Crippen LogP contribution in [0.4, 0.5) is 45.5 Å². The normalized spacial score (nSPS) is 12.3. The van der Waals surface area contributed by atoms with Gasteiger partial charge in [-0.3, -0.25) is 9.11 Å². The molecule has 0 spiro atoms. The first kappa shape index (κ1) is 40.5. The van der Waals surface area contributed by atoms with E-state index in [0.717, 1.165) is 18.1 Å². The van der Waals surface area contributed by atoms with Crippen LogP contribution in [-0.2, 0) is 29.6 Å². The van der Waals surface area contributed by atoms with Gasteiger partial charge in [0.1, 0.15) is 22.0 Å². The number of aromatic hydroxyl groups is 1. The largest absolute Gasteiger partial charge is 0.505 e. The minimum atomic E-state index is -4.88. The highest BCUT2D eigenvalue weighted by molar-refractivity contribution is 7.94. The molecular formula is C36H29N7O11S3. The second-order valence-corrected chi connectivity index (χ2v) is 15.3. The predicted octanol–water partition coefficient (Wildman–Crippen LogP) is 10.8. The number of fused-ring (bicyclic) bond motifs is 1. The molecule has 6 rings (SSSR count). The number of nitrogens with one attached hydrogen (secondary N) is 1. The van der Waals surface area contributed by atoms with Gasteiger partial charge in [0.25, 0.3) is 20.2 Å². The number of methoxy groups -OCH3 is 1. The quantitative estimate of drug-likeness (QED) is 0.0225. The van der Waals surface area contributed by atoms with Gasteiger partial charge < -0.3 is 15.2 Å². The maximum Gasteiger partial charge on any atom is 0.296 e. The molecule has 6 aromatic carbocycles. The van der Waals surface area contributed by atoms with Crippen LogP contribution < -0.4 is 10.1 Å². The van der Waals surface area contributed by atoms with Gasteiger partial charge in [0.2, 0.25) is 0 Å². The third-order valence-corrected chi connectivity index (χ3v) is 10.2. The zero-order valence-corrected chi connectivity index (χ0v) is 31.9. The van der Waals surface area contributed by atoms with Crippen LogP contribution in [-0.4, -0.2) is 43.4 Å². The van der Waals surface area contributed by atoms with Gasteiger partial charge in [0, 0.05) is 27.7 Å². The molecule has 0 aliphatic rings. The lowest BCUT2D eigenvalue weighted by molar-refractivity contribution is -0.432. The molecule has 0 aliphatic heterocycles. The topological polar surface area (TPSA) is 263 Å². The Labute approximate surface area is 328 Å². The Hall–Kier alpha value is -6.17. The molecule has 0 heterocycles. The fourth-order valence-electron chi connectivity index (χ4n) is 5.22. The van der Waals surface area contributed by atoms with Crippen molar-refractivity contribution in [3.05, 3.63) is 115 Å². The van der Waals surface area contributed by atoms with Crippen LogP contribution in [0.1, 0.15) is 5.56 Å². The van der Waals surface area contributed by atoms with E-state index < -0.39 is 36.6 Å². The van der Waals surface area contributed by atoms with Crippen LogP contribution in [0.15, 0.2) is 155 Å². The average Bonchev–Trinajstić information content (AvgIpc) is 3.18. The first-order chi connectivity index (χ1) is 27.2. The van der Waals surface area contributed by atoms with Crippen molar-refractivity contribution in [2.75, 3.05) is 12.4 Å². The maximum atomic E-state index is 12.4. The first-order valence-corrected chi connectivity index (χ1v) is 19.7. The number of anilines is 2. The lowest BCUT2D eigenvalue weighted by Crippen LogP contribution is -2.00. The summed E-state index contributed by atoms with van der Waals surface area (Å²) in [6.45, 7) is 1.74. The van der Waals surface area contributed by atoms with Crippen molar-refractivity contribution in [2.45, 2.75) is 21.6 Å². The predicted molar refractivity (Wildman–Crippen MR) is 209 cm³/mol. The summed E-state index contributed by atoms with van der Waals surface area (Å²) in [5, 5.41) is 51.7. The van der Waals surface area contributed by atoms with E-state index >= 15 is 0 Å². The van der Waals surface area contributed by atoms with E-state index in [0.29, 0.717) is 50.3 Å². The highest BCUT2D eigenvalue weighted by atomic mass is 32.2. The average molecular weight is 832 g/mol. The number of ether oxygens (including phenoxy) is 1. The molecule has 0 bridgehead atoms. The molecule has 0 radical (unpaired) electrons. The molecule has 0 aromatic heterocycles. The highest BCUT2D eigenvalue weighted by Crippen LogP contribution is 2.43. The Morgan fingerprint density at radius 2 is 1.33 bits per heavy atom. The van der Waals surface area contributed by atoms with E-state index in [9.17, 15) is 31.0 Å². The molecule has 0 unspecified atom stereocenters. The summed E-state index contributed by atoms with van der Waals surface area (Å²) in [7, 11) is -7.87. The highest BCUT2D eigenvalue weighted by Gasteiger charge is 2.22. The molecule has 0 aliphatic carbocycles. The summed E-state index contributed by atoms with van der Waals surface area (Å²) in [6, 6.07) is 27.5. The minimum absolute atomic E-state index is 0.136. The molecule has 5 N–H and O–H groups in total. The number of benzene rings is 6. The number of rotatable bonds is 14. The third kappa shape index (κ3) is 10.2. The number of azo groups is 3. The molecule has 0 saturated carbocycles. The Morgan fingerprint density at radius 1 is 0.667 bits per heavy atom. The monoisotopic (exact) mass is 831 g/mol. The van der Waals surface area contributed by atoms with Gasteiger partial charge in [-0.2, -0.15) is 37.3 Å². The number of hydrogen-bond acceptors (Lipinski definition) is 17. The van der Waals surface area contributed by atoms with Crippen LogP contribution in [0.3, 0.4) is 0 Å². The van der Waals surface area contributed by atoms with Crippen LogP contribution in [0, 0.1) is 6.92 Å². The number of nitrogens with zero attached hydrogens (tertiary/aromatic N) is 6. The summed E-state index contributed by atoms with van der Waals surface area (Å²) in [5.74, 6) is -0.230. The van der Waals surface area contributed by atoms with E-state index in [2.05, 4.69) is 45.4 Å². The molecule has 0 saturated heterocycles. The zero-order chi connectivity index (χ0) is 40.7. The molecule has 0 fully saturated rings. The summed E-state index contributed by atoms with van der Waals surface area (Å²) < 4.78 is 77.2. The summed E-state index contributed by atoms with van der Waals surface area (Å²) in [6.07, 6.45) is 0. The maximum absolute atomic E-state index is 12.4. The third-order valence-electron chi connectivity index (χ3n) is 7.89. The molecule has 18 nitrogen and oxygen atoms in total. The number of phenolic OH excluding ortho intramolecular Hbond substituents is 1. The minimum Gasteiger partial charge on any atom is -0.505 e. The van der Waals surface area contributed by atoms with E-state index in [-0.39, 0.29) is 21.4 Å². The second-order valence-electron chi connectivity index (χ2n) is 11.8. The van der Waals surface area contributed by atoms with E-state index in [4.69, 9.17) is 9.99 Å². The molecule has 0 atom stereocenters. The number of aryl methyl sites for hydroxylation is 1. The van der Waals surface area contributed by atoms with Gasteiger partial charge in [-0.1, -0.05) is 23.2 Å². The molecule has 292 valence electrons. The first-order valence-electron chi connectivity index (χ1n) is 16.1. The zero-order valence-electron chi connectivity index (χ0n) is 29.4. The Morgan fingerprint density at radius 3 is 2.04 bits per heavy atom. The fourth-order valence-corrected chi connectivity index (χ4v) is 6.82. The van der Waals surface area contributed by atoms with Crippen molar-refractivity contribution in [1.82, 2.24) is 0 Å². The van der Waals surface area contributed by atoms with Crippen LogP contribution in [0.5, 0.6) is 11.5 Å². The summed E-state index contributed by atoms with van der Waals surface area (Å²) in [5.41, 5.74) is 2.86. The van der Waals surface area contributed by atoms with Gasteiger partial charge >= 0.3 is 0 Å². The second kappa shape index (κ2) is 17.3. The fraction of sp³-hybridized carbons (Fsp3) is 0.0556. The lowest BCUT2D eigenvalue weighted by atomic mass is 10.1. The van der Waals surface area contributed by atoms with E-state index in [1.165, 1.54) is 49.6 Å². The lowest BCUT2D eigenvalue weighted by Gasteiger charge is -2.12. The summed E-state index contributed by atoms with van der Waals surface area (Å²) >= 11 is 0.792. The van der Waals surface area contributed by atoms with Gasteiger partial charge in [-0.05, 0) is 103 Å².